The van der Waals surface area contributed by atoms with E-state index in [9.17, 15) is 0 Å². The van der Waals surface area contributed by atoms with Gasteiger partial charge in [-0.25, -0.2) is 4.67 Å². The highest BCUT2D eigenvalue weighted by Gasteiger charge is 2.57. The Bertz CT molecular complexity index is 468. The molecule has 2 fully saturated rings. The Labute approximate surface area is 154 Å². The van der Waals surface area contributed by atoms with Crippen molar-refractivity contribution in [3.05, 3.63) is 0 Å². The monoisotopic (exact) mass is 368 g/mol. The first-order valence-electron chi connectivity index (χ1n) is 9.12. The molecular formula is C17H30BN2O4P. The van der Waals surface area contributed by atoms with Gasteiger partial charge < -0.3 is 18.5 Å². The summed E-state index contributed by atoms with van der Waals surface area (Å²) in [4.78, 5) is 0. The Balaban J connectivity index is 2.21. The lowest BCUT2D eigenvalue weighted by molar-refractivity contribution is -0.128. The molecule has 0 N–H and O–H groups in total. The maximum absolute atomic E-state index is 8.84. The van der Waals surface area contributed by atoms with E-state index in [0.29, 0.717) is 26.2 Å². The van der Waals surface area contributed by atoms with Gasteiger partial charge in [0.05, 0.1) is 32.3 Å². The van der Waals surface area contributed by atoms with Crippen LogP contribution in [-0.4, -0.2) is 62.1 Å². The second kappa shape index (κ2) is 9.13. The zero-order valence-electron chi connectivity index (χ0n) is 16.0. The van der Waals surface area contributed by atoms with Crippen molar-refractivity contribution >= 4 is 16.4 Å². The van der Waals surface area contributed by atoms with Gasteiger partial charge in [0.2, 0.25) is 0 Å². The number of nitrogens with zero attached hydrogens (tertiary/aromatic N) is 2. The highest BCUT2D eigenvalue weighted by Crippen LogP contribution is 2.53. The van der Waals surface area contributed by atoms with Crippen LogP contribution in [0.5, 0.6) is 0 Å². The molecule has 25 heavy (non-hydrogen) atoms. The second-order valence-corrected chi connectivity index (χ2v) is 8.66. The zero-order valence-corrected chi connectivity index (χ0v) is 16.9. The molecule has 2 radical (unpaired) electrons. The van der Waals surface area contributed by atoms with E-state index in [-0.39, 0.29) is 30.1 Å². The lowest BCUT2D eigenvalue weighted by atomic mass is 9.80. The molecule has 2 rings (SSSR count). The minimum absolute atomic E-state index is 0.000517. The summed E-state index contributed by atoms with van der Waals surface area (Å²) in [6, 6.07) is 2.27. The molecule has 0 aromatic rings. The van der Waals surface area contributed by atoms with Crippen molar-refractivity contribution in [2.45, 2.75) is 77.3 Å². The number of hydrogen-bond donors (Lipinski definition) is 0. The Kier molecular flexibility index (Phi) is 7.70. The van der Waals surface area contributed by atoms with Crippen molar-refractivity contribution in [3.8, 4) is 6.07 Å². The van der Waals surface area contributed by atoms with Gasteiger partial charge in [-0.2, -0.15) is 5.26 Å². The van der Waals surface area contributed by atoms with Gasteiger partial charge in [-0.15, -0.1) is 0 Å². The summed E-state index contributed by atoms with van der Waals surface area (Å²) in [5, 5.41) is 8.84. The van der Waals surface area contributed by atoms with Crippen molar-refractivity contribution in [1.82, 2.24) is 4.67 Å². The van der Waals surface area contributed by atoms with Gasteiger partial charge in [0, 0.05) is 24.0 Å². The van der Waals surface area contributed by atoms with Crippen LogP contribution in [0.2, 0.25) is 0 Å². The fraction of sp³-hybridized carbons (Fsp3) is 0.941. The molecule has 140 valence electrons. The topological polar surface area (TPSA) is 64.0 Å². The van der Waals surface area contributed by atoms with Crippen molar-refractivity contribution < 1.29 is 18.5 Å². The smallest absolute Gasteiger partial charge is 0.259 e. The summed E-state index contributed by atoms with van der Waals surface area (Å²) in [7, 11) is 4.88. The number of rotatable bonds is 9. The van der Waals surface area contributed by atoms with Gasteiger partial charge >= 0.3 is 0 Å². The van der Waals surface area contributed by atoms with E-state index in [1.807, 2.05) is 0 Å². The molecule has 6 nitrogen and oxygen atoms in total. The first kappa shape index (κ1) is 21.1. The summed E-state index contributed by atoms with van der Waals surface area (Å²) in [6.45, 7) is 12.0. The molecule has 0 aromatic carbocycles. The molecule has 0 spiro atoms. The molecule has 2 unspecified atom stereocenters. The normalized spacial score (nSPS) is 33.2. The third-order valence-electron chi connectivity index (χ3n) is 4.82. The predicted octanol–water partition coefficient (Wildman–Crippen LogP) is 2.97. The zero-order chi connectivity index (χ0) is 18.6. The summed E-state index contributed by atoms with van der Waals surface area (Å²) < 4.78 is 26.6. The molecule has 5 atom stereocenters. The van der Waals surface area contributed by atoms with Crippen LogP contribution in [0, 0.1) is 17.2 Å². The molecule has 2 saturated heterocycles. The lowest BCUT2D eigenvalue weighted by Gasteiger charge is -2.43. The maximum Gasteiger partial charge on any atom is 0.259 e. The summed E-state index contributed by atoms with van der Waals surface area (Å²) in [5.41, 5.74) is -0.513. The van der Waals surface area contributed by atoms with Crippen molar-refractivity contribution in [1.29, 1.82) is 5.26 Å². The Hall–Kier alpha value is -0.215. The van der Waals surface area contributed by atoms with Crippen LogP contribution in [0.3, 0.4) is 0 Å². The van der Waals surface area contributed by atoms with E-state index in [2.05, 4.69) is 45.4 Å². The molecule has 0 aliphatic carbocycles. The van der Waals surface area contributed by atoms with E-state index < -0.39 is 14.1 Å². The molecule has 2 bridgehead atoms. The van der Waals surface area contributed by atoms with Crippen LogP contribution in [0.1, 0.15) is 47.5 Å². The molecule has 8 heteroatoms. The van der Waals surface area contributed by atoms with Gasteiger partial charge in [-0.3, -0.25) is 0 Å². The van der Waals surface area contributed by atoms with Crippen LogP contribution in [0.4, 0.5) is 0 Å². The van der Waals surface area contributed by atoms with Gasteiger partial charge in [0.1, 0.15) is 19.6 Å². The molecule has 2 aliphatic rings. The largest absolute Gasteiger partial charge is 0.378 e. The van der Waals surface area contributed by atoms with Crippen molar-refractivity contribution in [3.63, 3.8) is 0 Å². The Morgan fingerprint density at radius 2 is 2.04 bits per heavy atom. The number of fused-ring (bicyclic) bond motifs is 2. The number of nitriles is 1. The minimum atomic E-state index is -1.32. The van der Waals surface area contributed by atoms with E-state index >= 15 is 0 Å². The Morgan fingerprint density at radius 3 is 2.60 bits per heavy atom. The molecule has 2 heterocycles. The lowest BCUT2D eigenvalue weighted by Crippen LogP contribution is -2.51. The third-order valence-corrected chi connectivity index (χ3v) is 6.93. The van der Waals surface area contributed by atoms with E-state index in [4.69, 9.17) is 31.6 Å². The highest BCUT2D eigenvalue weighted by molar-refractivity contribution is 7.44. The second-order valence-electron chi connectivity index (χ2n) is 7.25. The minimum Gasteiger partial charge on any atom is -0.378 e. The molecule has 0 saturated carbocycles. The maximum atomic E-state index is 8.84. The van der Waals surface area contributed by atoms with Gasteiger partial charge in [-0.05, 0) is 34.1 Å². The number of ether oxygens (including phenoxy) is 2. The molecular weight excluding hydrogens is 338 g/mol. The van der Waals surface area contributed by atoms with Crippen LogP contribution in [-0.2, 0) is 18.5 Å². The SMILES string of the molecule is [B][C@@H]1O[C@@]2(CC)COC[C@H]1C2OP(OCCC#N)N(C(C)C)C(C)C. The summed E-state index contributed by atoms with van der Waals surface area (Å²) >= 11 is 0. The van der Waals surface area contributed by atoms with Crippen LogP contribution < -0.4 is 0 Å². The molecule has 0 amide bonds. The molecule has 0 aromatic heterocycles. The predicted molar refractivity (Wildman–Crippen MR) is 98.0 cm³/mol. The van der Waals surface area contributed by atoms with Gasteiger partial charge in [0.15, 0.2) is 0 Å². The van der Waals surface area contributed by atoms with Crippen molar-refractivity contribution in [2.75, 3.05) is 19.8 Å². The average Bonchev–Trinajstić information content (AvgIpc) is 2.69. The summed E-state index contributed by atoms with van der Waals surface area (Å²) in [5.74, 6) is -0.000517. The Morgan fingerprint density at radius 1 is 1.36 bits per heavy atom. The van der Waals surface area contributed by atoms with Crippen LogP contribution >= 0.6 is 8.53 Å². The van der Waals surface area contributed by atoms with E-state index in [1.54, 1.807) is 0 Å². The third kappa shape index (κ3) is 4.55. The fourth-order valence-electron chi connectivity index (χ4n) is 3.61. The molecule has 2 aliphatic heterocycles. The van der Waals surface area contributed by atoms with Gasteiger partial charge in [0.25, 0.3) is 8.53 Å². The number of hydrogen-bond acceptors (Lipinski definition) is 6. The van der Waals surface area contributed by atoms with Crippen molar-refractivity contribution in [2.24, 2.45) is 5.92 Å². The standard InChI is InChI=1S/C17H30BN2O4P/c1-6-17-11-21-10-14(16(18)23-17)15(17)24-25(22-9-7-8-19)20(12(2)3)13(4)5/h12-16H,6-7,9-11H2,1-5H3/t14-,15?,16+,17-,25?/m0/s1. The quantitative estimate of drug-likeness (QED) is 0.354. The first-order valence-corrected chi connectivity index (χ1v) is 10.3. The highest BCUT2D eigenvalue weighted by atomic mass is 31.2. The van der Waals surface area contributed by atoms with E-state index in [0.717, 1.165) is 6.42 Å². The van der Waals surface area contributed by atoms with E-state index in [1.165, 1.54) is 0 Å². The fourth-order valence-corrected chi connectivity index (χ4v) is 5.45. The summed E-state index contributed by atoms with van der Waals surface area (Å²) in [6.07, 6.45) is 0.958. The van der Waals surface area contributed by atoms with Gasteiger partial charge in [-0.1, -0.05) is 6.92 Å². The first-order chi connectivity index (χ1) is 11.9. The van der Waals surface area contributed by atoms with Crippen LogP contribution in [0.15, 0.2) is 0 Å². The van der Waals surface area contributed by atoms with Crippen LogP contribution in [0.25, 0.3) is 0 Å². The average molecular weight is 368 g/mol.